The van der Waals surface area contributed by atoms with E-state index < -0.39 is 11.6 Å². The third-order valence-corrected chi connectivity index (χ3v) is 6.89. The molecule has 10 heteroatoms. The monoisotopic (exact) mass is 555 g/mol. The molecule has 9 nitrogen and oxygen atoms in total. The fourth-order valence-corrected chi connectivity index (χ4v) is 4.75. The minimum absolute atomic E-state index is 0.115. The van der Waals surface area contributed by atoms with Crippen molar-refractivity contribution in [1.82, 2.24) is 9.55 Å². The number of ether oxygens (including phenoxy) is 3. The number of esters is 1. The summed E-state index contributed by atoms with van der Waals surface area (Å²) < 4.78 is 38.6. The molecule has 0 unspecified atom stereocenters. The summed E-state index contributed by atoms with van der Waals surface area (Å²) in [6, 6.07) is 24.9. The molecule has 2 aromatic heterocycles. The Hall–Kier alpha value is -5.12. The van der Waals surface area contributed by atoms with E-state index in [4.69, 9.17) is 18.6 Å². The van der Waals surface area contributed by atoms with Gasteiger partial charge in [-0.05, 0) is 17.2 Å². The van der Waals surface area contributed by atoms with E-state index in [1.165, 1.54) is 23.8 Å². The summed E-state index contributed by atoms with van der Waals surface area (Å²) in [5, 5.41) is 0. The molecule has 0 bridgehead atoms. The minimum Gasteiger partial charge on any atom is -0.473 e. The molecular formula is C31H26FN3O6. The molecule has 0 saturated carbocycles. The standard InChI is InChI=1S/C31H26FN3O6/c1-38-30(36)22-16-34(17-22)25-14-23(32)15-26-28(25)41-31(37)35(26)24-12-13-27(39-18-20-8-4-2-5-9-20)33-29(24)40-19-21-10-6-3-7-11-21/h2-15,22H,16-19H2,1H3. The Balaban J connectivity index is 1.37. The van der Waals surface area contributed by atoms with Crippen molar-refractivity contribution in [3.8, 4) is 17.4 Å². The van der Waals surface area contributed by atoms with Crippen molar-refractivity contribution < 1.29 is 27.8 Å². The normalized spacial score (nSPS) is 13.2. The lowest BCUT2D eigenvalue weighted by atomic mass is 9.99. The molecular weight excluding hydrogens is 529 g/mol. The van der Waals surface area contributed by atoms with Gasteiger partial charge in [0.05, 0.1) is 18.7 Å². The highest BCUT2D eigenvalue weighted by molar-refractivity contribution is 5.90. The van der Waals surface area contributed by atoms with Crippen LogP contribution < -0.4 is 20.1 Å². The number of rotatable bonds is 9. The molecule has 208 valence electrons. The number of halogens is 1. The van der Waals surface area contributed by atoms with Crippen LogP contribution in [0.25, 0.3) is 16.8 Å². The van der Waals surface area contributed by atoms with E-state index in [1.807, 2.05) is 60.7 Å². The summed E-state index contributed by atoms with van der Waals surface area (Å²) in [6.07, 6.45) is 0. The average Bonchev–Trinajstić information content (AvgIpc) is 3.30. The van der Waals surface area contributed by atoms with Crippen LogP contribution in [0.2, 0.25) is 0 Å². The molecule has 1 fully saturated rings. The van der Waals surface area contributed by atoms with Crippen molar-refractivity contribution in [3.63, 3.8) is 0 Å². The van der Waals surface area contributed by atoms with Crippen molar-refractivity contribution in [2.24, 2.45) is 5.92 Å². The Labute approximate surface area is 234 Å². The molecule has 0 aliphatic carbocycles. The minimum atomic E-state index is -0.735. The summed E-state index contributed by atoms with van der Waals surface area (Å²) in [5.74, 6) is -1.56. The Morgan fingerprint density at radius 2 is 1.59 bits per heavy atom. The number of aromatic nitrogens is 2. The van der Waals surface area contributed by atoms with Gasteiger partial charge in [0.1, 0.15) is 30.2 Å². The molecule has 0 N–H and O–H groups in total. The van der Waals surface area contributed by atoms with Gasteiger partial charge in [0.15, 0.2) is 5.58 Å². The number of nitrogens with zero attached hydrogens (tertiary/aromatic N) is 3. The van der Waals surface area contributed by atoms with E-state index in [-0.39, 0.29) is 47.8 Å². The van der Waals surface area contributed by atoms with E-state index in [1.54, 1.807) is 17.0 Å². The van der Waals surface area contributed by atoms with Gasteiger partial charge in [-0.25, -0.2) is 13.8 Å². The van der Waals surface area contributed by atoms with Crippen LogP contribution in [0.3, 0.4) is 0 Å². The van der Waals surface area contributed by atoms with Crippen molar-refractivity contribution in [2.75, 3.05) is 25.1 Å². The van der Waals surface area contributed by atoms with Crippen LogP contribution >= 0.6 is 0 Å². The number of carbonyl (C=O) groups excluding carboxylic acids is 1. The molecule has 1 aliphatic rings. The molecule has 5 aromatic rings. The maximum atomic E-state index is 14.9. The first-order valence-corrected chi connectivity index (χ1v) is 13.0. The van der Waals surface area contributed by atoms with Gasteiger partial charge in [0.2, 0.25) is 11.8 Å². The van der Waals surface area contributed by atoms with Crippen LogP contribution in [-0.4, -0.2) is 35.7 Å². The topological polar surface area (TPSA) is 96.0 Å². The second-order valence-electron chi connectivity index (χ2n) is 9.62. The van der Waals surface area contributed by atoms with Gasteiger partial charge >= 0.3 is 11.7 Å². The van der Waals surface area contributed by atoms with Crippen molar-refractivity contribution in [3.05, 3.63) is 112 Å². The number of oxazole rings is 1. The molecule has 0 radical (unpaired) electrons. The van der Waals surface area contributed by atoms with Crippen LogP contribution in [0.15, 0.2) is 94.1 Å². The van der Waals surface area contributed by atoms with Crippen LogP contribution in [0.1, 0.15) is 11.1 Å². The maximum Gasteiger partial charge on any atom is 0.424 e. The third-order valence-electron chi connectivity index (χ3n) is 6.89. The van der Waals surface area contributed by atoms with Crippen LogP contribution in [0.5, 0.6) is 11.8 Å². The molecule has 41 heavy (non-hydrogen) atoms. The molecule has 1 aliphatic heterocycles. The lowest BCUT2D eigenvalue weighted by Gasteiger charge is -2.38. The number of anilines is 1. The smallest absolute Gasteiger partial charge is 0.424 e. The number of fused-ring (bicyclic) bond motifs is 1. The predicted octanol–water partition coefficient (Wildman–Crippen LogP) is 4.89. The molecule has 0 atom stereocenters. The molecule has 3 heterocycles. The van der Waals surface area contributed by atoms with Crippen molar-refractivity contribution in [1.29, 1.82) is 0 Å². The maximum absolute atomic E-state index is 14.9. The lowest BCUT2D eigenvalue weighted by molar-refractivity contribution is -0.146. The summed E-state index contributed by atoms with van der Waals surface area (Å²) in [4.78, 5) is 31.4. The molecule has 6 rings (SSSR count). The average molecular weight is 556 g/mol. The SMILES string of the molecule is COC(=O)C1CN(c2cc(F)cc3c2oc(=O)n3-c2ccc(OCc3ccccc3)nc2OCc2ccccc2)C1. The van der Waals surface area contributed by atoms with Gasteiger partial charge in [-0.1, -0.05) is 60.7 Å². The summed E-state index contributed by atoms with van der Waals surface area (Å²) in [6.45, 7) is 1.10. The molecule has 1 saturated heterocycles. The fraction of sp³-hybridized carbons (Fsp3) is 0.194. The number of pyridine rings is 1. The van der Waals surface area contributed by atoms with E-state index in [2.05, 4.69) is 4.98 Å². The van der Waals surface area contributed by atoms with E-state index in [9.17, 15) is 14.0 Å². The van der Waals surface area contributed by atoms with Crippen molar-refractivity contribution in [2.45, 2.75) is 13.2 Å². The first-order chi connectivity index (χ1) is 20.0. The summed E-state index contributed by atoms with van der Waals surface area (Å²) in [5.41, 5.74) is 2.90. The number of carbonyl (C=O) groups is 1. The molecule has 0 spiro atoms. The van der Waals surface area contributed by atoms with Crippen molar-refractivity contribution >= 4 is 22.8 Å². The second-order valence-corrected chi connectivity index (χ2v) is 9.62. The number of methoxy groups -OCH3 is 1. The van der Waals surface area contributed by atoms with Gasteiger partial charge in [-0.15, -0.1) is 0 Å². The predicted molar refractivity (Wildman–Crippen MR) is 149 cm³/mol. The highest BCUT2D eigenvalue weighted by Crippen LogP contribution is 2.35. The van der Waals surface area contributed by atoms with Crippen LogP contribution in [-0.2, 0) is 22.7 Å². The zero-order valence-electron chi connectivity index (χ0n) is 22.2. The Bertz CT molecular complexity index is 1750. The van der Waals surface area contributed by atoms with Gasteiger partial charge in [-0.2, -0.15) is 4.98 Å². The number of hydrogen-bond acceptors (Lipinski definition) is 8. The summed E-state index contributed by atoms with van der Waals surface area (Å²) >= 11 is 0. The highest BCUT2D eigenvalue weighted by Gasteiger charge is 2.36. The largest absolute Gasteiger partial charge is 0.473 e. The zero-order valence-corrected chi connectivity index (χ0v) is 22.2. The number of benzene rings is 3. The van der Waals surface area contributed by atoms with E-state index in [0.29, 0.717) is 24.7 Å². The number of hydrogen-bond donors (Lipinski definition) is 0. The zero-order chi connectivity index (χ0) is 28.3. The summed E-state index contributed by atoms with van der Waals surface area (Å²) in [7, 11) is 1.33. The van der Waals surface area contributed by atoms with E-state index >= 15 is 0 Å². The highest BCUT2D eigenvalue weighted by atomic mass is 19.1. The van der Waals surface area contributed by atoms with Gasteiger partial charge in [-0.3, -0.25) is 4.79 Å². The lowest BCUT2D eigenvalue weighted by Crippen LogP contribution is -2.51. The van der Waals surface area contributed by atoms with Gasteiger partial charge < -0.3 is 23.5 Å². The molecule has 0 amide bonds. The Morgan fingerprint density at radius 1 is 0.927 bits per heavy atom. The van der Waals surface area contributed by atoms with Crippen LogP contribution in [0.4, 0.5) is 10.1 Å². The molecule has 3 aromatic carbocycles. The quantitative estimate of drug-likeness (QED) is 0.238. The third kappa shape index (κ3) is 5.36. The van der Waals surface area contributed by atoms with Gasteiger partial charge in [0, 0.05) is 31.3 Å². The Morgan fingerprint density at radius 3 is 2.24 bits per heavy atom. The first-order valence-electron chi connectivity index (χ1n) is 13.0. The fourth-order valence-electron chi connectivity index (χ4n) is 4.75. The second kappa shape index (κ2) is 11.2. The Kier molecular flexibility index (Phi) is 7.11. The first kappa shape index (κ1) is 26.1. The van der Waals surface area contributed by atoms with Crippen LogP contribution in [0, 0.1) is 11.7 Å². The van der Waals surface area contributed by atoms with Gasteiger partial charge in [0.25, 0.3) is 0 Å². The van der Waals surface area contributed by atoms with E-state index in [0.717, 1.165) is 11.1 Å².